The van der Waals surface area contributed by atoms with E-state index in [1.54, 1.807) is 36.4 Å². The number of fused-ring (bicyclic) bond motifs is 2. The first-order chi connectivity index (χ1) is 22.6. The SMILES string of the molecule is C=C1NC=Cc2cc(NC(=O)CNCCCC)c(Cl)cc21.CC.NC(C(=O)Nc1cc2cc[nH]c(=O)c2cc1Cl)c1ccc(Cl)cc1. The minimum Gasteiger partial charge on any atom is -0.362 e. The lowest BCUT2D eigenvalue weighted by molar-refractivity contribution is -0.117. The van der Waals surface area contributed by atoms with Gasteiger partial charge in [-0.1, -0.05) is 80.7 Å². The number of nitrogens with two attached hydrogens (primary N) is 1. The molecule has 0 radical (unpaired) electrons. The zero-order valence-electron chi connectivity index (χ0n) is 26.5. The molecule has 1 unspecified atom stereocenters. The Morgan fingerprint density at radius 1 is 0.957 bits per heavy atom. The summed E-state index contributed by atoms with van der Waals surface area (Å²) in [7, 11) is 0. The van der Waals surface area contributed by atoms with E-state index in [0.29, 0.717) is 37.8 Å². The van der Waals surface area contributed by atoms with Gasteiger partial charge in [-0.2, -0.15) is 0 Å². The Morgan fingerprint density at radius 3 is 2.34 bits per heavy atom. The Labute approximate surface area is 289 Å². The monoisotopic (exact) mass is 696 g/mol. The maximum absolute atomic E-state index is 12.4. The van der Waals surface area contributed by atoms with Gasteiger partial charge in [-0.05, 0) is 78.0 Å². The summed E-state index contributed by atoms with van der Waals surface area (Å²) >= 11 is 18.2. The molecule has 3 aromatic carbocycles. The van der Waals surface area contributed by atoms with Crippen LogP contribution in [0, 0.1) is 0 Å². The topological polar surface area (TPSA) is 141 Å². The van der Waals surface area contributed by atoms with Crippen LogP contribution in [0.4, 0.5) is 11.4 Å². The lowest BCUT2D eigenvalue weighted by atomic mass is 10.0. The lowest BCUT2D eigenvalue weighted by Gasteiger charge is -2.17. The fourth-order valence-corrected chi connectivity index (χ4v) is 4.98. The van der Waals surface area contributed by atoms with Gasteiger partial charge in [0, 0.05) is 34.1 Å². The van der Waals surface area contributed by atoms with Gasteiger partial charge in [0.25, 0.3) is 5.56 Å². The number of carbonyl (C=O) groups excluding carboxylic acids is 2. The highest BCUT2D eigenvalue weighted by molar-refractivity contribution is 6.35. The van der Waals surface area contributed by atoms with Gasteiger partial charge in [0.1, 0.15) is 6.04 Å². The number of H-pyrrole nitrogens is 1. The molecule has 0 spiro atoms. The molecule has 0 saturated carbocycles. The molecule has 12 heteroatoms. The highest BCUT2D eigenvalue weighted by Gasteiger charge is 2.18. The van der Waals surface area contributed by atoms with Crippen molar-refractivity contribution in [1.82, 2.24) is 15.6 Å². The van der Waals surface area contributed by atoms with Gasteiger partial charge >= 0.3 is 0 Å². The van der Waals surface area contributed by atoms with E-state index in [9.17, 15) is 14.4 Å². The zero-order chi connectivity index (χ0) is 34.5. The van der Waals surface area contributed by atoms with E-state index in [1.165, 1.54) is 12.3 Å². The van der Waals surface area contributed by atoms with Crippen molar-refractivity contribution in [3.8, 4) is 0 Å². The molecule has 0 saturated heterocycles. The fourth-order valence-electron chi connectivity index (χ4n) is 4.43. The van der Waals surface area contributed by atoms with Crippen LogP contribution in [0.1, 0.15) is 56.3 Å². The number of aromatic amines is 1. The summed E-state index contributed by atoms with van der Waals surface area (Å²) in [6, 6.07) is 14.4. The summed E-state index contributed by atoms with van der Waals surface area (Å²) in [6.07, 6.45) is 7.44. The van der Waals surface area contributed by atoms with Gasteiger partial charge < -0.3 is 32.0 Å². The van der Waals surface area contributed by atoms with Crippen LogP contribution < -0.4 is 32.6 Å². The second-order valence-electron chi connectivity index (χ2n) is 10.2. The number of benzene rings is 3. The normalized spacial score (nSPS) is 12.0. The average molecular weight is 698 g/mol. The molecule has 0 fully saturated rings. The predicted octanol–water partition coefficient (Wildman–Crippen LogP) is 7.71. The van der Waals surface area contributed by atoms with E-state index in [1.807, 2.05) is 38.3 Å². The molecular formula is C35H39Cl3N6O3. The summed E-state index contributed by atoms with van der Waals surface area (Å²) < 4.78 is 0. The number of aromatic nitrogens is 1. The largest absolute Gasteiger partial charge is 0.362 e. The van der Waals surface area contributed by atoms with Crippen LogP contribution in [0.25, 0.3) is 22.5 Å². The van der Waals surface area contributed by atoms with E-state index < -0.39 is 11.9 Å². The number of nitrogens with one attached hydrogen (secondary N) is 5. The molecule has 7 N–H and O–H groups in total. The molecule has 47 heavy (non-hydrogen) atoms. The second kappa shape index (κ2) is 18.3. The number of rotatable bonds is 9. The summed E-state index contributed by atoms with van der Waals surface area (Å²) in [5, 5.41) is 14.1. The van der Waals surface area contributed by atoms with Crippen molar-refractivity contribution in [2.45, 2.75) is 39.7 Å². The van der Waals surface area contributed by atoms with Crippen molar-refractivity contribution in [3.05, 3.63) is 116 Å². The molecule has 9 nitrogen and oxygen atoms in total. The number of anilines is 2. The smallest absolute Gasteiger partial charge is 0.255 e. The third-order valence-corrected chi connectivity index (χ3v) is 7.76. The van der Waals surface area contributed by atoms with Crippen molar-refractivity contribution in [2.24, 2.45) is 5.73 Å². The molecule has 1 aromatic heterocycles. The highest BCUT2D eigenvalue weighted by atomic mass is 35.5. The van der Waals surface area contributed by atoms with Crippen LogP contribution in [0.15, 0.2) is 78.4 Å². The van der Waals surface area contributed by atoms with Crippen LogP contribution in [0.5, 0.6) is 0 Å². The van der Waals surface area contributed by atoms with Crippen molar-refractivity contribution < 1.29 is 9.59 Å². The summed E-state index contributed by atoms with van der Waals surface area (Å²) in [5.41, 5.74) is 10.1. The predicted molar refractivity (Wildman–Crippen MR) is 197 cm³/mol. The molecule has 2 heterocycles. The third-order valence-electron chi connectivity index (χ3n) is 6.88. The van der Waals surface area contributed by atoms with Crippen LogP contribution >= 0.6 is 34.8 Å². The number of hydrogen-bond donors (Lipinski definition) is 6. The molecule has 5 rings (SSSR count). The summed E-state index contributed by atoms with van der Waals surface area (Å²) in [6.45, 7) is 11.2. The minimum absolute atomic E-state index is 0.0929. The Kier molecular flexibility index (Phi) is 14.5. The molecular weight excluding hydrogens is 659 g/mol. The molecule has 0 bridgehead atoms. The van der Waals surface area contributed by atoms with Crippen LogP contribution in [-0.2, 0) is 9.59 Å². The molecule has 0 aliphatic carbocycles. The van der Waals surface area contributed by atoms with Crippen molar-refractivity contribution in [2.75, 3.05) is 23.7 Å². The number of carbonyl (C=O) groups is 2. The van der Waals surface area contributed by atoms with E-state index in [-0.39, 0.29) is 23.0 Å². The molecule has 1 aliphatic heterocycles. The van der Waals surface area contributed by atoms with Gasteiger partial charge in [0.2, 0.25) is 11.8 Å². The summed E-state index contributed by atoms with van der Waals surface area (Å²) in [4.78, 5) is 38.6. The third kappa shape index (κ3) is 10.4. The molecule has 1 atom stereocenters. The molecule has 1 aliphatic rings. The van der Waals surface area contributed by atoms with Crippen LogP contribution in [0.2, 0.25) is 15.1 Å². The van der Waals surface area contributed by atoms with Gasteiger partial charge in [-0.25, -0.2) is 0 Å². The van der Waals surface area contributed by atoms with Gasteiger partial charge in [0.15, 0.2) is 0 Å². The van der Waals surface area contributed by atoms with Crippen LogP contribution in [-0.4, -0.2) is 29.9 Å². The zero-order valence-corrected chi connectivity index (χ0v) is 28.7. The minimum atomic E-state index is -0.867. The standard InChI is InChI=1S/C17H13Cl2N3O2.C16H20ClN3O.C2H6/c18-11-3-1-9(2-4-11)15(20)17(24)22-14-7-10-5-6-21-16(23)12(10)8-13(14)19;1-3-4-6-18-10-16(21)20-15-8-12-5-7-19-11(2)13(12)9-14(15)17;1-2/h1-8,15H,20H2,(H,21,23)(H,22,24);5,7-9,18-19H,2-4,6,10H2,1H3,(H,20,21);1-2H3. The first-order valence-electron chi connectivity index (χ1n) is 15.2. The quantitative estimate of drug-likeness (QED) is 0.0990. The number of halogens is 3. The molecule has 248 valence electrons. The number of hydrogen-bond acceptors (Lipinski definition) is 6. The molecule has 2 amide bonds. The Hall–Kier alpha value is -4.12. The lowest BCUT2D eigenvalue weighted by Crippen LogP contribution is -2.28. The average Bonchev–Trinajstić information content (AvgIpc) is 3.06. The van der Waals surface area contributed by atoms with Gasteiger partial charge in [-0.3, -0.25) is 14.4 Å². The van der Waals surface area contributed by atoms with Crippen molar-refractivity contribution >= 4 is 80.5 Å². The maximum atomic E-state index is 12.4. The van der Waals surface area contributed by atoms with Gasteiger partial charge in [0.05, 0.1) is 28.0 Å². The van der Waals surface area contributed by atoms with E-state index in [0.717, 1.165) is 36.2 Å². The molecule has 4 aromatic rings. The van der Waals surface area contributed by atoms with Crippen molar-refractivity contribution in [3.63, 3.8) is 0 Å². The number of amides is 2. The Balaban J connectivity index is 0.000000245. The Bertz CT molecular complexity index is 1810. The van der Waals surface area contributed by atoms with Crippen LogP contribution in [0.3, 0.4) is 0 Å². The first-order valence-corrected chi connectivity index (χ1v) is 16.3. The fraction of sp³-hybridized carbons (Fsp3) is 0.229. The van der Waals surface area contributed by atoms with Crippen molar-refractivity contribution in [1.29, 1.82) is 0 Å². The number of unbranched alkanes of at least 4 members (excludes halogenated alkanes) is 1. The van der Waals surface area contributed by atoms with E-state index >= 15 is 0 Å². The van der Waals surface area contributed by atoms with E-state index in [2.05, 4.69) is 39.8 Å². The number of pyridine rings is 1. The Morgan fingerprint density at radius 2 is 1.64 bits per heavy atom. The maximum Gasteiger partial charge on any atom is 0.255 e. The second-order valence-corrected chi connectivity index (χ2v) is 11.4. The van der Waals surface area contributed by atoms with E-state index in [4.69, 9.17) is 40.5 Å². The highest BCUT2D eigenvalue weighted by Crippen LogP contribution is 2.31. The first kappa shape index (κ1) is 37.3. The summed E-state index contributed by atoms with van der Waals surface area (Å²) in [5.74, 6) is -0.506. The van der Waals surface area contributed by atoms with Gasteiger partial charge in [-0.15, -0.1) is 0 Å².